The van der Waals surface area contributed by atoms with Crippen LogP contribution in [0.3, 0.4) is 0 Å². The van der Waals surface area contributed by atoms with Crippen molar-refractivity contribution in [1.82, 2.24) is 9.97 Å². The summed E-state index contributed by atoms with van der Waals surface area (Å²) in [6, 6.07) is 14.2. The largest absolute Gasteiger partial charge is 0.463 e. The van der Waals surface area contributed by atoms with Gasteiger partial charge in [-0.25, -0.2) is 9.78 Å². The molecule has 0 atom stereocenters. The zero-order valence-electron chi connectivity index (χ0n) is 18.9. The zero-order chi connectivity index (χ0) is 23.9. The van der Waals surface area contributed by atoms with E-state index in [0.717, 1.165) is 11.1 Å². The quantitative estimate of drug-likeness (QED) is 0.356. The minimum Gasteiger partial charge on any atom is -0.463 e. The summed E-state index contributed by atoms with van der Waals surface area (Å²) in [5.41, 5.74) is 3.80. The molecule has 1 aromatic carbocycles. The molecule has 4 aromatic rings. The SMILES string of the molecule is CCOC(=O)c1ccoc1-c1cccc(NC(=O)c2cccnc2NCc2ccncc2)c1C. The average Bonchev–Trinajstić information content (AvgIpc) is 3.35. The Morgan fingerprint density at radius 3 is 2.62 bits per heavy atom. The lowest BCUT2D eigenvalue weighted by atomic mass is 10.0. The van der Waals surface area contributed by atoms with Crippen LogP contribution >= 0.6 is 0 Å². The van der Waals surface area contributed by atoms with Crippen molar-refractivity contribution in [2.24, 2.45) is 0 Å². The van der Waals surface area contributed by atoms with Crippen molar-refractivity contribution in [3.05, 3.63) is 95.6 Å². The fourth-order valence-electron chi connectivity index (χ4n) is 3.51. The molecule has 0 aliphatic carbocycles. The van der Waals surface area contributed by atoms with Gasteiger partial charge in [0.25, 0.3) is 5.91 Å². The van der Waals surface area contributed by atoms with Gasteiger partial charge in [-0.1, -0.05) is 12.1 Å². The van der Waals surface area contributed by atoms with Crippen LogP contribution in [0.4, 0.5) is 11.5 Å². The number of esters is 1. The molecule has 3 heterocycles. The van der Waals surface area contributed by atoms with Crippen LogP contribution in [0, 0.1) is 6.92 Å². The molecular formula is C26H24N4O4. The third-order valence-electron chi connectivity index (χ3n) is 5.25. The molecule has 1 amide bonds. The summed E-state index contributed by atoms with van der Waals surface area (Å²) >= 11 is 0. The summed E-state index contributed by atoms with van der Waals surface area (Å²) in [6.45, 7) is 4.37. The van der Waals surface area contributed by atoms with Crippen LogP contribution in [0.5, 0.6) is 0 Å². The van der Waals surface area contributed by atoms with Crippen molar-refractivity contribution in [1.29, 1.82) is 0 Å². The molecule has 172 valence electrons. The van der Waals surface area contributed by atoms with Gasteiger partial charge in [-0.3, -0.25) is 9.78 Å². The van der Waals surface area contributed by atoms with Crippen molar-refractivity contribution in [2.45, 2.75) is 20.4 Å². The molecule has 8 nitrogen and oxygen atoms in total. The Morgan fingerprint density at radius 2 is 1.82 bits per heavy atom. The Bertz CT molecular complexity index is 1300. The highest BCUT2D eigenvalue weighted by atomic mass is 16.5. The predicted octanol–water partition coefficient (Wildman–Crippen LogP) is 5.09. The highest BCUT2D eigenvalue weighted by Crippen LogP contribution is 2.32. The minimum atomic E-state index is -0.458. The maximum absolute atomic E-state index is 13.2. The Labute approximate surface area is 197 Å². The van der Waals surface area contributed by atoms with E-state index >= 15 is 0 Å². The Balaban J connectivity index is 1.56. The van der Waals surface area contributed by atoms with E-state index in [1.54, 1.807) is 55.8 Å². The minimum absolute atomic E-state index is 0.265. The lowest BCUT2D eigenvalue weighted by Crippen LogP contribution is -2.16. The summed E-state index contributed by atoms with van der Waals surface area (Å²) in [6.07, 6.45) is 6.50. The fourth-order valence-corrected chi connectivity index (χ4v) is 3.51. The van der Waals surface area contributed by atoms with Crippen LogP contribution in [0.15, 0.2) is 77.8 Å². The molecule has 0 aliphatic rings. The Morgan fingerprint density at radius 1 is 1.00 bits per heavy atom. The number of carbonyl (C=O) groups is 2. The lowest BCUT2D eigenvalue weighted by molar-refractivity contribution is 0.0526. The van der Waals surface area contributed by atoms with Crippen LogP contribution < -0.4 is 10.6 Å². The van der Waals surface area contributed by atoms with E-state index in [9.17, 15) is 9.59 Å². The van der Waals surface area contributed by atoms with E-state index in [2.05, 4.69) is 20.6 Å². The molecule has 0 spiro atoms. The second-order valence-corrected chi connectivity index (χ2v) is 7.42. The van der Waals surface area contributed by atoms with Gasteiger partial charge >= 0.3 is 5.97 Å². The van der Waals surface area contributed by atoms with Gasteiger partial charge in [0.2, 0.25) is 0 Å². The number of nitrogens with one attached hydrogen (secondary N) is 2. The number of nitrogens with zero attached hydrogens (tertiary/aromatic N) is 2. The zero-order valence-corrected chi connectivity index (χ0v) is 18.9. The van der Waals surface area contributed by atoms with E-state index in [1.165, 1.54) is 6.26 Å². The summed E-state index contributed by atoms with van der Waals surface area (Å²) in [5.74, 6) is 0.102. The third-order valence-corrected chi connectivity index (χ3v) is 5.25. The molecule has 0 saturated carbocycles. The molecule has 0 bridgehead atoms. The van der Waals surface area contributed by atoms with E-state index in [1.807, 2.05) is 25.1 Å². The topological polar surface area (TPSA) is 106 Å². The first-order valence-corrected chi connectivity index (χ1v) is 10.8. The van der Waals surface area contributed by atoms with Crippen LogP contribution in [-0.2, 0) is 11.3 Å². The molecule has 0 radical (unpaired) electrons. The lowest BCUT2D eigenvalue weighted by Gasteiger charge is -2.14. The Hall–Kier alpha value is -4.46. The number of furan rings is 1. The van der Waals surface area contributed by atoms with Crippen molar-refractivity contribution < 1.29 is 18.7 Å². The number of ether oxygens (including phenoxy) is 1. The Kier molecular flexibility index (Phi) is 6.98. The predicted molar refractivity (Wildman–Crippen MR) is 129 cm³/mol. The molecule has 2 N–H and O–H groups in total. The van der Waals surface area contributed by atoms with Crippen molar-refractivity contribution in [2.75, 3.05) is 17.2 Å². The number of benzene rings is 1. The normalized spacial score (nSPS) is 10.5. The van der Waals surface area contributed by atoms with E-state index in [4.69, 9.17) is 9.15 Å². The highest BCUT2D eigenvalue weighted by Gasteiger charge is 2.21. The van der Waals surface area contributed by atoms with Crippen molar-refractivity contribution >= 4 is 23.4 Å². The van der Waals surface area contributed by atoms with Crippen LogP contribution in [0.1, 0.15) is 38.8 Å². The van der Waals surface area contributed by atoms with Gasteiger partial charge in [0.15, 0.2) is 0 Å². The number of pyridine rings is 2. The number of carbonyl (C=O) groups excluding carboxylic acids is 2. The number of rotatable bonds is 8. The first-order valence-electron chi connectivity index (χ1n) is 10.8. The van der Waals surface area contributed by atoms with Gasteiger partial charge in [0.1, 0.15) is 17.1 Å². The fraction of sp³-hybridized carbons (Fsp3) is 0.154. The van der Waals surface area contributed by atoms with Crippen LogP contribution in [0.2, 0.25) is 0 Å². The van der Waals surface area contributed by atoms with Gasteiger partial charge in [-0.2, -0.15) is 0 Å². The van der Waals surface area contributed by atoms with Gasteiger partial charge in [0.05, 0.1) is 18.4 Å². The number of hydrogen-bond acceptors (Lipinski definition) is 7. The number of hydrogen-bond donors (Lipinski definition) is 2. The second-order valence-electron chi connectivity index (χ2n) is 7.42. The molecule has 8 heteroatoms. The monoisotopic (exact) mass is 456 g/mol. The molecule has 3 aromatic heterocycles. The summed E-state index contributed by atoms with van der Waals surface area (Å²) in [7, 11) is 0. The number of aromatic nitrogens is 2. The molecular weight excluding hydrogens is 432 g/mol. The first kappa shape index (κ1) is 22.7. The standard InChI is InChI=1S/C26H24N4O4/c1-3-33-26(32)20-11-15-34-23(20)19-6-4-8-22(17(19)2)30-25(31)21-7-5-12-28-24(21)29-16-18-9-13-27-14-10-18/h4-15H,3,16H2,1-2H3,(H,28,29)(H,30,31). The molecule has 34 heavy (non-hydrogen) atoms. The van der Waals surface area contributed by atoms with E-state index < -0.39 is 5.97 Å². The van der Waals surface area contributed by atoms with E-state index in [0.29, 0.717) is 40.5 Å². The van der Waals surface area contributed by atoms with Gasteiger partial charge in [0, 0.05) is 36.4 Å². The van der Waals surface area contributed by atoms with E-state index in [-0.39, 0.29) is 12.5 Å². The number of anilines is 2. The molecule has 0 fully saturated rings. The number of amides is 1. The second kappa shape index (κ2) is 10.4. The van der Waals surface area contributed by atoms with Crippen LogP contribution in [-0.4, -0.2) is 28.5 Å². The van der Waals surface area contributed by atoms with Crippen LogP contribution in [0.25, 0.3) is 11.3 Å². The van der Waals surface area contributed by atoms with Gasteiger partial charge in [-0.15, -0.1) is 0 Å². The molecule has 0 saturated heterocycles. The summed E-state index contributed by atoms with van der Waals surface area (Å²) in [4.78, 5) is 33.8. The van der Waals surface area contributed by atoms with Gasteiger partial charge < -0.3 is 19.8 Å². The first-order chi connectivity index (χ1) is 16.6. The molecule has 0 aliphatic heterocycles. The van der Waals surface area contributed by atoms with Crippen molar-refractivity contribution in [3.63, 3.8) is 0 Å². The molecule has 4 rings (SSSR count). The van der Waals surface area contributed by atoms with Crippen molar-refractivity contribution in [3.8, 4) is 11.3 Å². The maximum Gasteiger partial charge on any atom is 0.342 e. The molecule has 0 unspecified atom stereocenters. The summed E-state index contributed by atoms with van der Waals surface area (Å²) in [5, 5.41) is 6.16. The summed E-state index contributed by atoms with van der Waals surface area (Å²) < 4.78 is 10.7. The van der Waals surface area contributed by atoms with Gasteiger partial charge in [-0.05, 0) is 61.4 Å². The highest BCUT2D eigenvalue weighted by molar-refractivity contribution is 6.08. The average molecular weight is 457 g/mol. The smallest absolute Gasteiger partial charge is 0.342 e. The maximum atomic E-state index is 13.2. The third kappa shape index (κ3) is 4.96.